The van der Waals surface area contributed by atoms with Gasteiger partial charge in [-0.3, -0.25) is 4.90 Å². The van der Waals surface area contributed by atoms with Gasteiger partial charge < -0.3 is 5.73 Å². The highest BCUT2D eigenvalue weighted by atomic mass is 32.2. The highest BCUT2D eigenvalue weighted by Crippen LogP contribution is 2.19. The van der Waals surface area contributed by atoms with E-state index in [0.29, 0.717) is 6.04 Å². The Morgan fingerprint density at radius 2 is 2.17 bits per heavy atom. The zero-order valence-corrected chi connectivity index (χ0v) is 11.6. The van der Waals surface area contributed by atoms with E-state index in [9.17, 15) is 4.39 Å². The second-order valence-corrected chi connectivity index (χ2v) is 6.06. The highest BCUT2D eigenvalue weighted by Gasteiger charge is 2.19. The fourth-order valence-corrected chi connectivity index (χ4v) is 3.36. The van der Waals surface area contributed by atoms with Gasteiger partial charge in [0.25, 0.3) is 0 Å². The van der Waals surface area contributed by atoms with E-state index in [-0.39, 0.29) is 11.9 Å². The molecule has 1 heterocycles. The van der Waals surface area contributed by atoms with Crippen molar-refractivity contribution in [1.29, 1.82) is 0 Å². The first-order valence-electron chi connectivity index (χ1n) is 6.49. The van der Waals surface area contributed by atoms with Crippen LogP contribution in [0.4, 0.5) is 4.39 Å². The maximum Gasteiger partial charge on any atom is 0.123 e. The van der Waals surface area contributed by atoms with Gasteiger partial charge in [0.15, 0.2) is 0 Å². The minimum Gasteiger partial charge on any atom is -0.324 e. The van der Waals surface area contributed by atoms with Crippen molar-refractivity contribution in [2.45, 2.75) is 25.4 Å². The van der Waals surface area contributed by atoms with Gasteiger partial charge in [-0.2, -0.15) is 11.8 Å². The SMILES string of the molecule is CC1CSCCN1CCC(N)c1ccc(F)cc1. The number of halogens is 1. The minimum absolute atomic E-state index is 0.00683. The summed E-state index contributed by atoms with van der Waals surface area (Å²) in [5.41, 5.74) is 7.18. The maximum absolute atomic E-state index is 12.8. The lowest BCUT2D eigenvalue weighted by atomic mass is 10.0. The summed E-state index contributed by atoms with van der Waals surface area (Å²) >= 11 is 2.02. The van der Waals surface area contributed by atoms with E-state index in [4.69, 9.17) is 5.73 Å². The van der Waals surface area contributed by atoms with Crippen molar-refractivity contribution < 1.29 is 4.39 Å². The average molecular weight is 268 g/mol. The van der Waals surface area contributed by atoms with Crippen molar-refractivity contribution in [3.05, 3.63) is 35.6 Å². The minimum atomic E-state index is -0.201. The summed E-state index contributed by atoms with van der Waals surface area (Å²) in [5, 5.41) is 0. The van der Waals surface area contributed by atoms with Gasteiger partial charge >= 0.3 is 0 Å². The molecule has 2 unspecified atom stereocenters. The zero-order chi connectivity index (χ0) is 13.0. The Hall–Kier alpha value is -0.580. The van der Waals surface area contributed by atoms with E-state index in [1.807, 2.05) is 11.8 Å². The maximum atomic E-state index is 12.8. The van der Waals surface area contributed by atoms with Crippen molar-refractivity contribution in [1.82, 2.24) is 4.90 Å². The Morgan fingerprint density at radius 3 is 2.83 bits per heavy atom. The fraction of sp³-hybridized carbons (Fsp3) is 0.571. The Kier molecular flexibility index (Phi) is 5.03. The number of thioether (sulfide) groups is 1. The Labute approximate surface area is 113 Å². The molecule has 0 spiro atoms. The first kappa shape index (κ1) is 13.8. The number of hydrogen-bond acceptors (Lipinski definition) is 3. The summed E-state index contributed by atoms with van der Waals surface area (Å²) in [6.45, 7) is 4.46. The molecule has 1 fully saturated rings. The summed E-state index contributed by atoms with van der Waals surface area (Å²) < 4.78 is 12.8. The van der Waals surface area contributed by atoms with E-state index >= 15 is 0 Å². The summed E-state index contributed by atoms with van der Waals surface area (Å²) in [7, 11) is 0. The molecule has 18 heavy (non-hydrogen) atoms. The number of nitrogens with zero attached hydrogens (tertiary/aromatic N) is 1. The second-order valence-electron chi connectivity index (χ2n) is 4.91. The van der Waals surface area contributed by atoms with Crippen molar-refractivity contribution >= 4 is 11.8 Å². The van der Waals surface area contributed by atoms with Gasteiger partial charge in [0.05, 0.1) is 0 Å². The third-order valence-electron chi connectivity index (χ3n) is 3.53. The monoisotopic (exact) mass is 268 g/mol. The standard InChI is InChI=1S/C14H21FN2S/c1-11-10-18-9-8-17(11)7-6-14(16)12-2-4-13(15)5-3-12/h2-5,11,14H,6-10,16H2,1H3. The summed E-state index contributed by atoms with van der Waals surface area (Å²) in [4.78, 5) is 2.50. The van der Waals surface area contributed by atoms with Crippen LogP contribution in [0.25, 0.3) is 0 Å². The molecule has 0 radical (unpaired) electrons. The van der Waals surface area contributed by atoms with Gasteiger partial charge in [-0.05, 0) is 31.0 Å². The molecule has 1 aliphatic rings. The molecule has 2 nitrogen and oxygen atoms in total. The van der Waals surface area contributed by atoms with Gasteiger partial charge in [-0.25, -0.2) is 4.39 Å². The van der Waals surface area contributed by atoms with Gasteiger partial charge in [0.2, 0.25) is 0 Å². The van der Waals surface area contributed by atoms with Crippen LogP contribution in [0.1, 0.15) is 24.9 Å². The van der Waals surface area contributed by atoms with Crippen molar-refractivity contribution in [3.63, 3.8) is 0 Å². The molecule has 100 valence electrons. The van der Waals surface area contributed by atoms with Crippen molar-refractivity contribution in [2.24, 2.45) is 5.73 Å². The lowest BCUT2D eigenvalue weighted by Gasteiger charge is -2.33. The molecule has 0 saturated carbocycles. The van der Waals surface area contributed by atoms with Crippen LogP contribution in [0.3, 0.4) is 0 Å². The highest BCUT2D eigenvalue weighted by molar-refractivity contribution is 7.99. The molecular formula is C14H21FN2S. The van der Waals surface area contributed by atoms with Gasteiger partial charge in [-0.1, -0.05) is 12.1 Å². The van der Waals surface area contributed by atoms with Crippen LogP contribution >= 0.6 is 11.8 Å². The molecule has 1 aliphatic heterocycles. The lowest BCUT2D eigenvalue weighted by molar-refractivity contribution is 0.224. The van der Waals surface area contributed by atoms with E-state index in [1.54, 1.807) is 12.1 Å². The molecule has 1 saturated heterocycles. The third kappa shape index (κ3) is 3.70. The summed E-state index contributed by atoms with van der Waals surface area (Å²) in [6.07, 6.45) is 0.931. The number of benzene rings is 1. The summed E-state index contributed by atoms with van der Waals surface area (Å²) in [5.74, 6) is 2.23. The average Bonchev–Trinajstić information content (AvgIpc) is 2.38. The van der Waals surface area contributed by atoms with E-state index in [2.05, 4.69) is 11.8 Å². The topological polar surface area (TPSA) is 29.3 Å². The molecule has 2 atom stereocenters. The largest absolute Gasteiger partial charge is 0.324 e. The Bertz CT molecular complexity index is 369. The van der Waals surface area contributed by atoms with Gasteiger partial charge in [-0.15, -0.1) is 0 Å². The number of rotatable bonds is 4. The van der Waals surface area contributed by atoms with Crippen LogP contribution in [-0.4, -0.2) is 35.5 Å². The quantitative estimate of drug-likeness (QED) is 0.910. The lowest BCUT2D eigenvalue weighted by Crippen LogP contribution is -2.41. The Balaban J connectivity index is 1.83. The molecule has 2 N–H and O–H groups in total. The Morgan fingerprint density at radius 1 is 1.44 bits per heavy atom. The predicted molar refractivity (Wildman–Crippen MR) is 76.3 cm³/mol. The van der Waals surface area contributed by atoms with Crippen molar-refractivity contribution in [2.75, 3.05) is 24.6 Å². The van der Waals surface area contributed by atoms with E-state index < -0.39 is 0 Å². The van der Waals surface area contributed by atoms with Gasteiger partial charge in [0, 0.05) is 36.7 Å². The third-order valence-corrected chi connectivity index (χ3v) is 4.72. The molecule has 4 heteroatoms. The van der Waals surface area contributed by atoms with Crippen molar-refractivity contribution in [3.8, 4) is 0 Å². The number of nitrogens with two attached hydrogens (primary N) is 1. The summed E-state index contributed by atoms with van der Waals surface area (Å²) in [6, 6.07) is 7.19. The normalized spacial score (nSPS) is 22.9. The van der Waals surface area contributed by atoms with Crippen LogP contribution < -0.4 is 5.73 Å². The first-order chi connectivity index (χ1) is 8.66. The fourth-order valence-electron chi connectivity index (χ4n) is 2.28. The van der Waals surface area contributed by atoms with Crippen LogP contribution in [0.5, 0.6) is 0 Å². The molecule has 0 aromatic heterocycles. The molecule has 0 bridgehead atoms. The molecule has 0 amide bonds. The molecular weight excluding hydrogens is 247 g/mol. The van der Waals surface area contributed by atoms with Gasteiger partial charge in [0.1, 0.15) is 5.82 Å². The van der Waals surface area contributed by atoms with Crippen LogP contribution in [0.2, 0.25) is 0 Å². The number of hydrogen-bond donors (Lipinski definition) is 1. The zero-order valence-electron chi connectivity index (χ0n) is 10.8. The second kappa shape index (κ2) is 6.55. The first-order valence-corrected chi connectivity index (χ1v) is 7.65. The smallest absolute Gasteiger partial charge is 0.123 e. The molecule has 2 rings (SSSR count). The molecule has 0 aliphatic carbocycles. The van der Waals surface area contributed by atoms with E-state index in [0.717, 1.165) is 25.1 Å². The molecule has 1 aromatic carbocycles. The molecule has 1 aromatic rings. The van der Waals surface area contributed by atoms with E-state index in [1.165, 1.54) is 23.6 Å². The predicted octanol–water partition coefficient (Wildman–Crippen LogP) is 2.65. The van der Waals surface area contributed by atoms with Crippen LogP contribution in [0, 0.1) is 5.82 Å². The van der Waals surface area contributed by atoms with Crippen LogP contribution in [-0.2, 0) is 0 Å². The van der Waals surface area contributed by atoms with Crippen LogP contribution in [0.15, 0.2) is 24.3 Å².